The molecule has 0 unspecified atom stereocenters. The Morgan fingerprint density at radius 1 is 0.361 bits per heavy atom. The molecule has 0 atom stereocenters. The Morgan fingerprint density at radius 3 is 1.70 bits per heavy atom. The van der Waals surface area contributed by atoms with Crippen LogP contribution >= 0.6 is 0 Å². The van der Waals surface area contributed by atoms with E-state index in [1.54, 1.807) is 0 Å². The summed E-state index contributed by atoms with van der Waals surface area (Å²) in [5.41, 5.74) is 15.4. The van der Waals surface area contributed by atoms with Crippen LogP contribution in [0.2, 0.25) is 0 Å². The second-order valence-corrected chi connectivity index (χ2v) is 15.7. The van der Waals surface area contributed by atoms with Crippen molar-refractivity contribution in [3.05, 3.63) is 231 Å². The van der Waals surface area contributed by atoms with Crippen molar-refractivity contribution in [1.29, 1.82) is 0 Å². The summed E-state index contributed by atoms with van der Waals surface area (Å²) >= 11 is 0. The minimum absolute atomic E-state index is 0.856. The molecule has 10 aromatic carbocycles. The molecular weight excluding hydrogens is 741 g/mol. The molecule has 286 valence electrons. The summed E-state index contributed by atoms with van der Waals surface area (Å²) in [6.45, 7) is 0. The number of para-hydroxylation sites is 2. The lowest BCUT2D eigenvalue weighted by molar-refractivity contribution is 0.672. The quantitative estimate of drug-likeness (QED) is 0.161. The summed E-state index contributed by atoms with van der Waals surface area (Å²) in [7, 11) is 0. The van der Waals surface area contributed by atoms with Gasteiger partial charge in [0.15, 0.2) is 0 Å². The third-order valence-corrected chi connectivity index (χ3v) is 12.2. The summed E-state index contributed by atoms with van der Waals surface area (Å²) in [6.07, 6.45) is 0. The van der Waals surface area contributed by atoms with E-state index in [2.05, 4.69) is 240 Å². The van der Waals surface area contributed by atoms with Crippen LogP contribution in [0.15, 0.2) is 235 Å². The zero-order chi connectivity index (χ0) is 40.3. The van der Waals surface area contributed by atoms with Gasteiger partial charge in [0.25, 0.3) is 0 Å². The third kappa shape index (κ3) is 5.82. The normalized spacial score (nSPS) is 11.6. The van der Waals surface area contributed by atoms with Crippen LogP contribution in [0.5, 0.6) is 0 Å². The van der Waals surface area contributed by atoms with E-state index in [1.807, 2.05) is 0 Å². The van der Waals surface area contributed by atoms with Gasteiger partial charge in [-0.2, -0.15) is 0 Å². The largest absolute Gasteiger partial charge is 0.455 e. The lowest BCUT2D eigenvalue weighted by atomic mass is 9.95. The maximum atomic E-state index is 6.76. The number of nitrogens with zero attached hydrogens (tertiary/aromatic N) is 2. The molecule has 0 radical (unpaired) electrons. The van der Waals surface area contributed by atoms with E-state index in [1.165, 1.54) is 32.9 Å². The van der Waals surface area contributed by atoms with Crippen LogP contribution in [-0.2, 0) is 0 Å². The Labute approximate surface area is 353 Å². The Hall–Kier alpha value is -8.14. The van der Waals surface area contributed by atoms with Crippen molar-refractivity contribution in [3.63, 3.8) is 0 Å². The molecule has 61 heavy (non-hydrogen) atoms. The molecule has 0 aliphatic carbocycles. The van der Waals surface area contributed by atoms with Gasteiger partial charge < -0.3 is 13.9 Å². The van der Waals surface area contributed by atoms with Gasteiger partial charge in [-0.3, -0.25) is 0 Å². The second-order valence-electron chi connectivity index (χ2n) is 15.7. The summed E-state index contributed by atoms with van der Waals surface area (Å²) in [5.74, 6) is 0. The number of anilines is 3. The van der Waals surface area contributed by atoms with Crippen molar-refractivity contribution < 1.29 is 4.42 Å². The molecule has 0 aliphatic heterocycles. The third-order valence-electron chi connectivity index (χ3n) is 12.2. The number of rotatable bonds is 7. The van der Waals surface area contributed by atoms with Crippen LogP contribution in [0.4, 0.5) is 17.1 Å². The van der Waals surface area contributed by atoms with Crippen LogP contribution in [0.3, 0.4) is 0 Å². The highest BCUT2D eigenvalue weighted by molar-refractivity contribution is 6.20. The first-order valence-electron chi connectivity index (χ1n) is 20.8. The number of furan rings is 1. The summed E-state index contributed by atoms with van der Waals surface area (Å²) in [5, 5.41) is 6.96. The van der Waals surface area contributed by atoms with Gasteiger partial charge in [-0.15, -0.1) is 0 Å². The van der Waals surface area contributed by atoms with Crippen LogP contribution in [0, 0.1) is 0 Å². The van der Waals surface area contributed by atoms with Gasteiger partial charge in [0, 0.05) is 38.5 Å². The fraction of sp³-hybridized carbons (Fsp3) is 0. The lowest BCUT2D eigenvalue weighted by Gasteiger charge is -2.29. The van der Waals surface area contributed by atoms with E-state index in [4.69, 9.17) is 4.42 Å². The molecule has 0 spiro atoms. The number of hydrogen-bond acceptors (Lipinski definition) is 2. The van der Waals surface area contributed by atoms with Gasteiger partial charge in [-0.05, 0) is 99.9 Å². The van der Waals surface area contributed by atoms with E-state index >= 15 is 0 Å². The molecule has 3 nitrogen and oxygen atoms in total. The lowest BCUT2D eigenvalue weighted by Crippen LogP contribution is -2.11. The van der Waals surface area contributed by atoms with Gasteiger partial charge in [0.05, 0.1) is 27.8 Å². The maximum absolute atomic E-state index is 6.76. The number of aromatic nitrogens is 1. The SMILES string of the molecule is c1ccc(-c2ccc(N(c3ccc(-c4cccc(-n5c6ccccc6c6ccccc65)c4)cc3)c3cccc4oc5c6ccccc6ccc5c34)c(-c3ccccc3)c2)cc1. The highest BCUT2D eigenvalue weighted by Gasteiger charge is 2.23. The Kier molecular flexibility index (Phi) is 8.17. The molecule has 0 aliphatic rings. The molecule has 12 aromatic rings. The molecule has 0 saturated heterocycles. The average Bonchev–Trinajstić information content (AvgIpc) is 3.89. The van der Waals surface area contributed by atoms with Gasteiger partial charge in [0.2, 0.25) is 0 Å². The molecule has 0 N–H and O–H groups in total. The van der Waals surface area contributed by atoms with Gasteiger partial charge >= 0.3 is 0 Å². The van der Waals surface area contributed by atoms with Crippen LogP contribution in [-0.4, -0.2) is 4.57 Å². The van der Waals surface area contributed by atoms with Crippen LogP contribution < -0.4 is 4.90 Å². The smallest absolute Gasteiger partial charge is 0.143 e. The van der Waals surface area contributed by atoms with E-state index < -0.39 is 0 Å². The highest BCUT2D eigenvalue weighted by Crippen LogP contribution is 2.48. The topological polar surface area (TPSA) is 21.3 Å². The molecule has 12 rings (SSSR count). The van der Waals surface area contributed by atoms with Gasteiger partial charge in [-0.25, -0.2) is 0 Å². The molecule has 2 heterocycles. The van der Waals surface area contributed by atoms with Crippen LogP contribution in [0.1, 0.15) is 0 Å². The molecule has 0 saturated carbocycles. The monoisotopic (exact) mass is 778 g/mol. The maximum Gasteiger partial charge on any atom is 0.143 e. The molecule has 0 fully saturated rings. The summed E-state index contributed by atoms with van der Waals surface area (Å²) < 4.78 is 9.15. The Morgan fingerprint density at radius 2 is 0.951 bits per heavy atom. The van der Waals surface area contributed by atoms with Crippen molar-refractivity contribution in [2.75, 3.05) is 4.90 Å². The zero-order valence-corrected chi connectivity index (χ0v) is 33.2. The second kappa shape index (κ2) is 14.3. The fourth-order valence-electron chi connectivity index (χ4n) is 9.35. The Balaban J connectivity index is 1.05. The first-order chi connectivity index (χ1) is 30.3. The number of fused-ring (bicyclic) bond motifs is 8. The molecule has 3 heteroatoms. The van der Waals surface area contributed by atoms with Gasteiger partial charge in [-0.1, -0.05) is 164 Å². The standard InChI is InChI=1S/C58H38N2O/c1-3-15-39(16-4-1)44-32-36-54(51(38-44)41-17-5-2-6-18-41)59(55-27-14-28-56-57(55)50-35-31-42-19-7-8-22-47(42)58(50)61-56)45-33-29-40(30-34-45)43-20-13-21-46(37-43)60-52-25-11-9-23-48(52)49-24-10-12-26-53(49)60/h1-38H. The predicted molar refractivity (Wildman–Crippen MR) is 257 cm³/mol. The Bertz CT molecular complexity index is 3530. The fourth-order valence-corrected chi connectivity index (χ4v) is 9.35. The number of hydrogen-bond donors (Lipinski definition) is 0. The van der Waals surface area contributed by atoms with Gasteiger partial charge in [0.1, 0.15) is 11.2 Å². The number of benzene rings is 10. The predicted octanol–water partition coefficient (Wildman–Crippen LogP) is 16.3. The van der Waals surface area contributed by atoms with E-state index in [9.17, 15) is 0 Å². The van der Waals surface area contributed by atoms with E-state index in [0.717, 1.165) is 77.7 Å². The van der Waals surface area contributed by atoms with E-state index in [0.29, 0.717) is 0 Å². The van der Waals surface area contributed by atoms with Crippen molar-refractivity contribution >= 4 is 71.6 Å². The highest BCUT2D eigenvalue weighted by atomic mass is 16.3. The van der Waals surface area contributed by atoms with Crippen molar-refractivity contribution in [1.82, 2.24) is 4.57 Å². The minimum Gasteiger partial charge on any atom is -0.455 e. The zero-order valence-electron chi connectivity index (χ0n) is 33.2. The minimum atomic E-state index is 0.856. The van der Waals surface area contributed by atoms with Crippen molar-refractivity contribution in [3.8, 4) is 39.1 Å². The van der Waals surface area contributed by atoms with Crippen molar-refractivity contribution in [2.45, 2.75) is 0 Å². The van der Waals surface area contributed by atoms with E-state index in [-0.39, 0.29) is 0 Å². The van der Waals surface area contributed by atoms with Crippen molar-refractivity contribution in [2.24, 2.45) is 0 Å². The first-order valence-corrected chi connectivity index (χ1v) is 20.8. The molecule has 0 amide bonds. The first kappa shape index (κ1) is 34.9. The molecule has 0 bridgehead atoms. The average molecular weight is 779 g/mol. The molecular formula is C58H38N2O. The molecule has 2 aromatic heterocycles. The van der Waals surface area contributed by atoms with Crippen LogP contribution in [0.25, 0.3) is 93.6 Å². The summed E-state index contributed by atoms with van der Waals surface area (Å²) in [6, 6.07) is 82.9. The summed E-state index contributed by atoms with van der Waals surface area (Å²) in [4.78, 5) is 2.42.